The third-order valence-corrected chi connectivity index (χ3v) is 4.83. The van der Waals surface area contributed by atoms with Gasteiger partial charge >= 0.3 is 0 Å². The third-order valence-electron chi connectivity index (χ3n) is 3.98. The summed E-state index contributed by atoms with van der Waals surface area (Å²) in [6, 6.07) is 6.53. The Hall–Kier alpha value is -1.13. The lowest BCUT2D eigenvalue weighted by Gasteiger charge is -2.19. The average molecular weight is 275 g/mol. The Kier molecular flexibility index (Phi) is 3.71. The van der Waals surface area contributed by atoms with Gasteiger partial charge in [0, 0.05) is 6.54 Å². The zero-order chi connectivity index (χ0) is 13.2. The highest BCUT2D eigenvalue weighted by molar-refractivity contribution is 7.22. The summed E-state index contributed by atoms with van der Waals surface area (Å²) >= 11 is 1.58. The Morgan fingerprint density at radius 3 is 3.16 bits per heavy atom. The van der Waals surface area contributed by atoms with Crippen LogP contribution in [0.4, 0.5) is 5.13 Å². The number of nitrogens with zero attached hydrogens (tertiary/aromatic N) is 2. The molecular weight excluding hydrogens is 254 g/mol. The second-order valence-electron chi connectivity index (χ2n) is 5.67. The fraction of sp³-hybridized carbons (Fsp3) is 0.533. The topological polar surface area (TPSA) is 42.2 Å². The molecule has 2 aromatic rings. The summed E-state index contributed by atoms with van der Waals surface area (Å²) in [6.07, 6.45) is 4.04. The molecule has 0 spiro atoms. The van der Waals surface area contributed by atoms with Crippen molar-refractivity contribution in [1.29, 1.82) is 0 Å². The number of aromatic nitrogens is 1. The number of likely N-dealkylation sites (tertiary alicyclic amines) is 1. The number of fused-ring (bicyclic) bond motifs is 1. The summed E-state index contributed by atoms with van der Waals surface area (Å²) < 4.78 is 1.21. The van der Waals surface area contributed by atoms with E-state index in [9.17, 15) is 0 Å². The van der Waals surface area contributed by atoms with Crippen LogP contribution in [0.2, 0.25) is 0 Å². The highest BCUT2D eigenvalue weighted by Crippen LogP contribution is 2.25. The summed E-state index contributed by atoms with van der Waals surface area (Å²) in [7, 11) is 0. The molecule has 0 bridgehead atoms. The fourth-order valence-electron chi connectivity index (χ4n) is 2.82. The first-order valence-electron chi connectivity index (χ1n) is 7.08. The van der Waals surface area contributed by atoms with Crippen molar-refractivity contribution in [2.24, 2.45) is 5.92 Å². The Labute approximate surface area is 118 Å². The van der Waals surface area contributed by atoms with Gasteiger partial charge in [-0.2, -0.15) is 0 Å². The van der Waals surface area contributed by atoms with Crippen LogP contribution in [0.15, 0.2) is 18.2 Å². The molecule has 3 nitrogen and oxygen atoms in total. The molecule has 1 saturated heterocycles. The number of hydrogen-bond donors (Lipinski definition) is 1. The standard InChI is InChI=1S/C15H21N3S/c1-11-3-2-7-18(8-6-11)10-12-4-5-13-14(9-12)19-15(16)17-13/h4-5,9,11H,2-3,6-8,10H2,1H3,(H2,16,17). The van der Waals surface area contributed by atoms with Crippen molar-refractivity contribution in [2.45, 2.75) is 32.7 Å². The van der Waals surface area contributed by atoms with E-state index in [1.54, 1.807) is 11.3 Å². The number of nitrogen functional groups attached to an aromatic ring is 1. The number of benzene rings is 1. The van der Waals surface area contributed by atoms with E-state index in [1.807, 2.05) is 0 Å². The molecule has 1 atom stereocenters. The number of hydrogen-bond acceptors (Lipinski definition) is 4. The van der Waals surface area contributed by atoms with E-state index in [1.165, 1.54) is 42.6 Å². The molecule has 3 rings (SSSR count). The maximum absolute atomic E-state index is 5.76. The van der Waals surface area contributed by atoms with Crippen molar-refractivity contribution >= 4 is 26.7 Å². The van der Waals surface area contributed by atoms with Crippen molar-refractivity contribution in [3.05, 3.63) is 23.8 Å². The largest absolute Gasteiger partial charge is 0.375 e. The normalized spacial score (nSPS) is 21.6. The summed E-state index contributed by atoms with van der Waals surface area (Å²) in [4.78, 5) is 6.89. The SMILES string of the molecule is CC1CCCN(Cc2ccc3nc(N)sc3c2)CC1. The minimum Gasteiger partial charge on any atom is -0.375 e. The van der Waals surface area contributed by atoms with Gasteiger partial charge in [0.15, 0.2) is 5.13 Å². The van der Waals surface area contributed by atoms with Gasteiger partial charge in [0.1, 0.15) is 0 Å². The zero-order valence-electron chi connectivity index (χ0n) is 11.4. The number of nitrogens with two attached hydrogens (primary N) is 1. The van der Waals surface area contributed by atoms with Crippen molar-refractivity contribution in [2.75, 3.05) is 18.8 Å². The first-order valence-corrected chi connectivity index (χ1v) is 7.89. The van der Waals surface area contributed by atoms with Gasteiger partial charge in [0.05, 0.1) is 10.2 Å². The van der Waals surface area contributed by atoms with E-state index < -0.39 is 0 Å². The lowest BCUT2D eigenvalue weighted by atomic mass is 10.0. The Balaban J connectivity index is 1.73. The van der Waals surface area contributed by atoms with E-state index >= 15 is 0 Å². The lowest BCUT2D eigenvalue weighted by molar-refractivity contribution is 0.274. The van der Waals surface area contributed by atoms with Crippen molar-refractivity contribution in [3.8, 4) is 0 Å². The molecule has 0 radical (unpaired) electrons. The van der Waals surface area contributed by atoms with E-state index in [4.69, 9.17) is 5.73 Å². The fourth-order valence-corrected chi connectivity index (χ4v) is 3.62. The lowest BCUT2D eigenvalue weighted by Crippen LogP contribution is -2.24. The van der Waals surface area contributed by atoms with Gasteiger partial charge in [-0.25, -0.2) is 4.98 Å². The van der Waals surface area contributed by atoms with Crippen LogP contribution in [0.1, 0.15) is 31.7 Å². The minimum absolute atomic E-state index is 0.663. The molecule has 1 unspecified atom stereocenters. The molecule has 1 aliphatic rings. The molecule has 1 fully saturated rings. The predicted octanol–water partition coefficient (Wildman–Crippen LogP) is 3.50. The molecule has 0 amide bonds. The Bertz CT molecular complexity index is 564. The van der Waals surface area contributed by atoms with E-state index in [0.29, 0.717) is 5.13 Å². The van der Waals surface area contributed by atoms with E-state index in [0.717, 1.165) is 18.0 Å². The monoisotopic (exact) mass is 275 g/mol. The van der Waals surface area contributed by atoms with E-state index in [-0.39, 0.29) is 0 Å². The van der Waals surface area contributed by atoms with Gasteiger partial charge in [-0.15, -0.1) is 0 Å². The minimum atomic E-state index is 0.663. The Morgan fingerprint density at radius 1 is 1.37 bits per heavy atom. The van der Waals surface area contributed by atoms with Crippen LogP contribution in [-0.4, -0.2) is 23.0 Å². The first-order chi connectivity index (χ1) is 9.20. The number of anilines is 1. The van der Waals surface area contributed by atoms with Crippen molar-refractivity contribution < 1.29 is 0 Å². The second-order valence-corrected chi connectivity index (χ2v) is 6.73. The Morgan fingerprint density at radius 2 is 2.26 bits per heavy atom. The van der Waals surface area contributed by atoms with Crippen LogP contribution in [0.5, 0.6) is 0 Å². The average Bonchev–Trinajstić information content (AvgIpc) is 2.62. The number of rotatable bonds is 2. The second kappa shape index (κ2) is 5.47. The molecule has 1 aromatic heterocycles. The van der Waals surface area contributed by atoms with Gasteiger partial charge in [-0.05, 0) is 56.0 Å². The van der Waals surface area contributed by atoms with Gasteiger partial charge in [-0.1, -0.05) is 24.3 Å². The van der Waals surface area contributed by atoms with Crippen LogP contribution in [0.25, 0.3) is 10.2 Å². The summed E-state index contributed by atoms with van der Waals surface area (Å²) in [5.74, 6) is 0.883. The molecule has 1 aliphatic heterocycles. The van der Waals surface area contributed by atoms with Crippen molar-refractivity contribution in [3.63, 3.8) is 0 Å². The first kappa shape index (κ1) is 12.9. The molecule has 0 aliphatic carbocycles. The smallest absolute Gasteiger partial charge is 0.181 e. The third kappa shape index (κ3) is 3.07. The number of thiazole rings is 1. The molecule has 2 N–H and O–H groups in total. The highest BCUT2D eigenvalue weighted by atomic mass is 32.1. The predicted molar refractivity (Wildman–Crippen MR) is 82.3 cm³/mol. The van der Waals surface area contributed by atoms with Crippen LogP contribution >= 0.6 is 11.3 Å². The molecule has 2 heterocycles. The highest BCUT2D eigenvalue weighted by Gasteiger charge is 2.14. The van der Waals surface area contributed by atoms with Crippen LogP contribution in [-0.2, 0) is 6.54 Å². The van der Waals surface area contributed by atoms with Crippen molar-refractivity contribution in [1.82, 2.24) is 9.88 Å². The summed E-state index contributed by atoms with van der Waals surface area (Å²) in [5, 5.41) is 0.663. The molecule has 19 heavy (non-hydrogen) atoms. The zero-order valence-corrected chi connectivity index (χ0v) is 12.2. The molecular formula is C15H21N3S. The molecule has 0 saturated carbocycles. The van der Waals surface area contributed by atoms with Crippen LogP contribution in [0, 0.1) is 5.92 Å². The van der Waals surface area contributed by atoms with Gasteiger partial charge in [0.25, 0.3) is 0 Å². The van der Waals surface area contributed by atoms with Crippen LogP contribution in [0.3, 0.4) is 0 Å². The summed E-state index contributed by atoms with van der Waals surface area (Å²) in [5.41, 5.74) is 8.16. The maximum Gasteiger partial charge on any atom is 0.181 e. The van der Waals surface area contributed by atoms with E-state index in [2.05, 4.69) is 35.0 Å². The molecule has 4 heteroatoms. The maximum atomic E-state index is 5.76. The van der Waals surface area contributed by atoms with Crippen LogP contribution < -0.4 is 5.73 Å². The quantitative estimate of drug-likeness (QED) is 0.912. The molecule has 102 valence electrons. The van der Waals surface area contributed by atoms with Gasteiger partial charge < -0.3 is 5.73 Å². The summed E-state index contributed by atoms with van der Waals surface area (Å²) in [6.45, 7) is 5.88. The molecule has 1 aromatic carbocycles. The van der Waals surface area contributed by atoms with Gasteiger partial charge in [-0.3, -0.25) is 4.90 Å². The van der Waals surface area contributed by atoms with Gasteiger partial charge in [0.2, 0.25) is 0 Å².